The number of sulfonamides is 1. The van der Waals surface area contributed by atoms with Crippen molar-refractivity contribution in [3.63, 3.8) is 0 Å². The Morgan fingerprint density at radius 2 is 2.03 bits per heavy atom. The van der Waals surface area contributed by atoms with Crippen LogP contribution in [0.3, 0.4) is 0 Å². The second kappa shape index (κ2) is 9.80. The highest BCUT2D eigenvalue weighted by atomic mass is 79.9. The van der Waals surface area contributed by atoms with Crippen molar-refractivity contribution >= 4 is 31.9 Å². The number of hydrogen-bond donors (Lipinski definition) is 2. The van der Waals surface area contributed by atoms with Crippen LogP contribution < -0.4 is 10.0 Å². The minimum atomic E-state index is -3.77. The lowest BCUT2D eigenvalue weighted by atomic mass is 10.1. The molecule has 1 unspecified atom stereocenters. The fraction of sp³-hybridized carbons (Fsp3) is 0.350. The zero-order valence-corrected chi connectivity index (χ0v) is 18.1. The highest BCUT2D eigenvalue weighted by Gasteiger charge is 2.22. The number of nitrogens with one attached hydrogen (secondary N) is 2. The number of rotatable bonds is 8. The van der Waals surface area contributed by atoms with E-state index in [9.17, 15) is 17.6 Å². The molecule has 3 rings (SSSR count). The van der Waals surface area contributed by atoms with E-state index in [0.29, 0.717) is 23.1 Å². The van der Waals surface area contributed by atoms with Gasteiger partial charge < -0.3 is 10.1 Å². The third-order valence-electron chi connectivity index (χ3n) is 4.66. The Hall–Kier alpha value is -1.81. The summed E-state index contributed by atoms with van der Waals surface area (Å²) in [6.07, 6.45) is 1.94. The van der Waals surface area contributed by atoms with Crippen molar-refractivity contribution in [1.29, 1.82) is 0 Å². The minimum Gasteiger partial charge on any atom is -0.377 e. The van der Waals surface area contributed by atoms with Gasteiger partial charge in [0.2, 0.25) is 10.0 Å². The molecule has 1 atom stereocenters. The van der Waals surface area contributed by atoms with Crippen LogP contribution in [-0.2, 0) is 21.2 Å². The van der Waals surface area contributed by atoms with Crippen LogP contribution in [0.15, 0.2) is 51.8 Å². The molecule has 0 spiro atoms. The summed E-state index contributed by atoms with van der Waals surface area (Å²) >= 11 is 3.28. The summed E-state index contributed by atoms with van der Waals surface area (Å²) in [5.41, 5.74) is 0.694. The highest BCUT2D eigenvalue weighted by Crippen LogP contribution is 2.21. The fourth-order valence-electron chi connectivity index (χ4n) is 3.04. The van der Waals surface area contributed by atoms with Crippen molar-refractivity contribution in [3.8, 4) is 0 Å². The number of benzene rings is 2. The summed E-state index contributed by atoms with van der Waals surface area (Å²) in [5.74, 6) is -0.766. The van der Waals surface area contributed by atoms with Gasteiger partial charge in [-0.2, -0.15) is 0 Å². The second-order valence-electron chi connectivity index (χ2n) is 6.73. The zero-order chi connectivity index (χ0) is 20.9. The van der Waals surface area contributed by atoms with Crippen molar-refractivity contribution in [1.82, 2.24) is 10.0 Å². The Kier molecular flexibility index (Phi) is 7.39. The van der Waals surface area contributed by atoms with Crippen molar-refractivity contribution in [2.45, 2.75) is 30.3 Å². The maximum atomic E-state index is 13.7. The molecule has 0 bridgehead atoms. The SMILES string of the molecule is O=C(NCCc1ccccc1F)c1cc(S(=O)(=O)NCC2CCCO2)ccc1Br. The number of amides is 1. The van der Waals surface area contributed by atoms with Crippen LogP contribution in [0.25, 0.3) is 0 Å². The van der Waals surface area contributed by atoms with Gasteiger partial charge in [0, 0.05) is 24.2 Å². The summed E-state index contributed by atoms with van der Waals surface area (Å²) < 4.78 is 47.2. The quantitative estimate of drug-likeness (QED) is 0.602. The Bertz CT molecular complexity index is 978. The molecule has 1 aliphatic heterocycles. The standard InChI is InChI=1S/C20H22BrFN2O4S/c21-18-8-7-16(29(26,27)24-13-15-5-3-11-28-15)12-17(18)20(25)23-10-9-14-4-1-2-6-19(14)22/h1-2,4,6-8,12,15,24H,3,5,9-11,13H2,(H,23,25). The largest absolute Gasteiger partial charge is 0.377 e. The molecule has 156 valence electrons. The second-order valence-corrected chi connectivity index (χ2v) is 9.35. The average Bonchev–Trinajstić information content (AvgIpc) is 3.22. The number of carbonyl (C=O) groups excluding carboxylic acids is 1. The van der Waals surface area contributed by atoms with Crippen molar-refractivity contribution in [2.75, 3.05) is 19.7 Å². The first-order chi connectivity index (χ1) is 13.9. The van der Waals surface area contributed by atoms with Crippen LogP contribution in [0.4, 0.5) is 4.39 Å². The smallest absolute Gasteiger partial charge is 0.252 e. The van der Waals surface area contributed by atoms with E-state index in [4.69, 9.17) is 4.74 Å². The molecule has 29 heavy (non-hydrogen) atoms. The molecule has 2 N–H and O–H groups in total. The Morgan fingerprint density at radius 3 is 2.76 bits per heavy atom. The van der Waals surface area contributed by atoms with Crippen LogP contribution >= 0.6 is 15.9 Å². The molecule has 1 fully saturated rings. The van der Waals surface area contributed by atoms with E-state index < -0.39 is 15.9 Å². The van der Waals surface area contributed by atoms with Gasteiger partial charge in [0.1, 0.15) is 5.82 Å². The van der Waals surface area contributed by atoms with Crippen molar-refractivity contribution < 1.29 is 22.3 Å². The Labute approximate surface area is 178 Å². The number of halogens is 2. The summed E-state index contributed by atoms with van der Waals surface area (Å²) in [4.78, 5) is 12.5. The molecule has 1 saturated heterocycles. The number of ether oxygens (including phenoxy) is 1. The maximum Gasteiger partial charge on any atom is 0.252 e. The van der Waals surface area contributed by atoms with E-state index in [2.05, 4.69) is 26.0 Å². The van der Waals surface area contributed by atoms with Crippen LogP contribution in [0.2, 0.25) is 0 Å². The topological polar surface area (TPSA) is 84.5 Å². The van der Waals surface area contributed by atoms with Gasteiger partial charge in [-0.15, -0.1) is 0 Å². The van der Waals surface area contributed by atoms with E-state index in [-0.39, 0.29) is 35.5 Å². The van der Waals surface area contributed by atoms with Crippen LogP contribution in [0, 0.1) is 5.82 Å². The first-order valence-corrected chi connectivity index (χ1v) is 11.6. The summed E-state index contributed by atoms with van der Waals surface area (Å²) in [6.45, 7) is 1.06. The van der Waals surface area contributed by atoms with Gasteiger partial charge in [-0.25, -0.2) is 17.5 Å². The van der Waals surface area contributed by atoms with Crippen LogP contribution in [0.5, 0.6) is 0 Å². The minimum absolute atomic E-state index is 0.00190. The summed E-state index contributed by atoms with van der Waals surface area (Å²) in [7, 11) is -3.77. The van der Waals surface area contributed by atoms with Gasteiger partial charge in [-0.3, -0.25) is 4.79 Å². The molecule has 1 aliphatic rings. The van der Waals surface area contributed by atoms with Gasteiger partial charge >= 0.3 is 0 Å². The molecule has 1 heterocycles. The number of carbonyl (C=O) groups is 1. The summed E-state index contributed by atoms with van der Waals surface area (Å²) in [6, 6.07) is 10.6. The van der Waals surface area contributed by atoms with Crippen LogP contribution in [0.1, 0.15) is 28.8 Å². The molecule has 1 amide bonds. The Balaban J connectivity index is 1.64. The van der Waals surface area contributed by atoms with E-state index in [0.717, 1.165) is 12.8 Å². The highest BCUT2D eigenvalue weighted by molar-refractivity contribution is 9.10. The number of hydrogen-bond acceptors (Lipinski definition) is 4. The molecule has 2 aromatic carbocycles. The molecule has 0 saturated carbocycles. The van der Waals surface area contributed by atoms with Gasteiger partial charge in [0.05, 0.1) is 16.6 Å². The predicted octanol–water partition coefficient (Wildman–Crippen LogP) is 3.02. The first-order valence-electron chi connectivity index (χ1n) is 9.29. The molecule has 6 nitrogen and oxygen atoms in total. The van der Waals surface area contributed by atoms with E-state index in [1.54, 1.807) is 18.2 Å². The van der Waals surface area contributed by atoms with Crippen molar-refractivity contribution in [2.24, 2.45) is 0 Å². The molecule has 9 heteroatoms. The van der Waals surface area contributed by atoms with E-state index >= 15 is 0 Å². The van der Waals surface area contributed by atoms with E-state index in [1.807, 2.05) is 0 Å². The Morgan fingerprint density at radius 1 is 1.24 bits per heavy atom. The normalized spacial score (nSPS) is 16.7. The van der Waals surface area contributed by atoms with Gasteiger partial charge in [0.15, 0.2) is 0 Å². The lowest BCUT2D eigenvalue weighted by Gasteiger charge is -2.13. The third-order valence-corrected chi connectivity index (χ3v) is 6.77. The molecular weight excluding hydrogens is 463 g/mol. The average molecular weight is 485 g/mol. The van der Waals surface area contributed by atoms with Gasteiger partial charge in [-0.1, -0.05) is 18.2 Å². The predicted molar refractivity (Wildman–Crippen MR) is 111 cm³/mol. The lowest BCUT2D eigenvalue weighted by molar-refractivity contribution is 0.0953. The van der Waals surface area contributed by atoms with Gasteiger partial charge in [0.25, 0.3) is 5.91 Å². The first kappa shape index (κ1) is 21.9. The molecular formula is C20H22BrFN2O4S. The van der Waals surface area contributed by atoms with Crippen molar-refractivity contribution in [3.05, 3.63) is 63.9 Å². The van der Waals surface area contributed by atoms with Gasteiger partial charge in [-0.05, 0) is 65.0 Å². The summed E-state index contributed by atoms with van der Waals surface area (Å²) in [5, 5.41) is 2.70. The lowest BCUT2D eigenvalue weighted by Crippen LogP contribution is -2.32. The molecule has 2 aromatic rings. The third kappa shape index (κ3) is 5.85. The molecule has 0 aliphatic carbocycles. The maximum absolute atomic E-state index is 13.7. The van der Waals surface area contributed by atoms with Crippen LogP contribution in [-0.4, -0.2) is 40.1 Å². The monoisotopic (exact) mass is 484 g/mol. The molecule has 0 aromatic heterocycles. The molecule has 0 radical (unpaired) electrons. The fourth-order valence-corrected chi connectivity index (χ4v) is 4.56. The zero-order valence-electron chi connectivity index (χ0n) is 15.7. The van der Waals surface area contributed by atoms with E-state index in [1.165, 1.54) is 24.3 Å².